The zero-order chi connectivity index (χ0) is 15.0. The van der Waals surface area contributed by atoms with Crippen molar-refractivity contribution in [1.82, 2.24) is 4.98 Å². The molecule has 0 saturated heterocycles. The molecule has 1 aliphatic rings. The maximum atomic E-state index is 13.0. The molecule has 1 aromatic heterocycles. The Kier molecular flexibility index (Phi) is 3.29. The molecule has 21 heavy (non-hydrogen) atoms. The van der Waals surface area contributed by atoms with E-state index in [9.17, 15) is 12.8 Å². The van der Waals surface area contributed by atoms with Gasteiger partial charge in [0.2, 0.25) is 5.88 Å². The first kappa shape index (κ1) is 13.8. The summed E-state index contributed by atoms with van der Waals surface area (Å²) in [7, 11) is -3.78. The molecule has 0 saturated carbocycles. The maximum absolute atomic E-state index is 13.0. The summed E-state index contributed by atoms with van der Waals surface area (Å²) in [5.41, 5.74) is 0.389. The molecule has 0 aliphatic carbocycles. The third kappa shape index (κ3) is 2.44. The summed E-state index contributed by atoms with van der Waals surface area (Å²) in [6.07, 6.45) is 1.22. The van der Waals surface area contributed by atoms with Gasteiger partial charge in [0.25, 0.3) is 10.0 Å². The second-order valence-corrected chi connectivity index (χ2v) is 6.61. The van der Waals surface area contributed by atoms with E-state index in [0.29, 0.717) is 5.69 Å². The lowest BCUT2D eigenvalue weighted by Gasteiger charge is -2.33. The number of aromatic nitrogens is 1. The lowest BCUT2D eigenvalue weighted by Crippen LogP contribution is -2.42. The standard InChI is InChI=1S/C14H13FN2O3S/c1-10-9-17(13-3-2-8-16-14(13)20-10)21(18,19)12-6-4-11(15)5-7-12/h2-8,10H,9H2,1H3/t10-/m0/s1. The SMILES string of the molecule is C[C@H]1CN(S(=O)(=O)c2ccc(F)cc2)c2cccnc2O1. The van der Waals surface area contributed by atoms with E-state index in [4.69, 9.17) is 4.74 Å². The van der Waals surface area contributed by atoms with Crippen molar-refractivity contribution in [2.24, 2.45) is 0 Å². The molecule has 1 aliphatic heterocycles. The zero-order valence-electron chi connectivity index (χ0n) is 11.2. The van der Waals surface area contributed by atoms with E-state index < -0.39 is 15.8 Å². The van der Waals surface area contributed by atoms with Crippen LogP contribution in [0, 0.1) is 5.82 Å². The summed E-state index contributed by atoms with van der Waals surface area (Å²) in [5.74, 6) is -0.201. The number of nitrogens with zero attached hydrogens (tertiary/aromatic N) is 2. The fourth-order valence-electron chi connectivity index (χ4n) is 2.18. The van der Waals surface area contributed by atoms with Gasteiger partial charge in [-0.05, 0) is 43.3 Å². The van der Waals surface area contributed by atoms with E-state index in [1.165, 1.54) is 16.4 Å². The highest BCUT2D eigenvalue weighted by Crippen LogP contribution is 2.34. The van der Waals surface area contributed by atoms with Gasteiger partial charge in [-0.25, -0.2) is 17.8 Å². The Morgan fingerprint density at radius 3 is 2.71 bits per heavy atom. The van der Waals surface area contributed by atoms with E-state index in [1.54, 1.807) is 25.3 Å². The van der Waals surface area contributed by atoms with Gasteiger partial charge in [-0.3, -0.25) is 4.31 Å². The predicted octanol–water partition coefficient (Wildman–Crippen LogP) is 2.20. The smallest absolute Gasteiger partial charge is 0.264 e. The fourth-order valence-corrected chi connectivity index (χ4v) is 3.72. The molecule has 0 spiro atoms. The van der Waals surface area contributed by atoms with E-state index in [0.717, 1.165) is 12.1 Å². The van der Waals surface area contributed by atoms with Gasteiger partial charge in [-0.2, -0.15) is 0 Å². The zero-order valence-corrected chi connectivity index (χ0v) is 12.0. The Balaban J connectivity index is 2.09. The molecule has 2 aromatic rings. The second kappa shape index (κ2) is 5.00. The molecule has 1 aromatic carbocycles. The van der Waals surface area contributed by atoms with Crippen LogP contribution in [-0.2, 0) is 10.0 Å². The highest BCUT2D eigenvalue weighted by Gasteiger charge is 2.33. The molecule has 0 N–H and O–H groups in total. The average Bonchev–Trinajstić information content (AvgIpc) is 2.46. The lowest BCUT2D eigenvalue weighted by molar-refractivity contribution is 0.210. The topological polar surface area (TPSA) is 59.5 Å². The van der Waals surface area contributed by atoms with Crippen molar-refractivity contribution in [1.29, 1.82) is 0 Å². The normalized spacial score (nSPS) is 18.0. The Hall–Kier alpha value is -2.15. The number of anilines is 1. The highest BCUT2D eigenvalue weighted by atomic mass is 32.2. The number of fused-ring (bicyclic) bond motifs is 1. The number of halogens is 1. The Morgan fingerprint density at radius 2 is 2.00 bits per heavy atom. The molecule has 3 rings (SSSR count). The molecule has 2 heterocycles. The summed E-state index contributed by atoms with van der Waals surface area (Å²) in [5, 5.41) is 0. The van der Waals surface area contributed by atoms with Crippen LogP contribution in [0.3, 0.4) is 0 Å². The summed E-state index contributed by atoms with van der Waals surface area (Å²) in [6, 6.07) is 8.03. The minimum Gasteiger partial charge on any atom is -0.471 e. The third-order valence-corrected chi connectivity index (χ3v) is 4.95. The largest absolute Gasteiger partial charge is 0.471 e. The molecule has 0 bridgehead atoms. The minimum atomic E-state index is -3.78. The average molecular weight is 308 g/mol. The van der Waals surface area contributed by atoms with Crippen LogP contribution in [0.2, 0.25) is 0 Å². The molecule has 0 fully saturated rings. The van der Waals surface area contributed by atoms with Gasteiger partial charge in [-0.1, -0.05) is 0 Å². The first-order valence-electron chi connectivity index (χ1n) is 6.38. The van der Waals surface area contributed by atoms with Crippen molar-refractivity contribution in [3.05, 3.63) is 48.4 Å². The van der Waals surface area contributed by atoms with E-state index in [2.05, 4.69) is 4.98 Å². The van der Waals surface area contributed by atoms with Gasteiger partial charge in [0.1, 0.15) is 17.6 Å². The fraction of sp³-hybridized carbons (Fsp3) is 0.214. The van der Waals surface area contributed by atoms with E-state index >= 15 is 0 Å². The maximum Gasteiger partial charge on any atom is 0.264 e. The third-order valence-electron chi connectivity index (χ3n) is 3.16. The number of rotatable bonds is 2. The minimum absolute atomic E-state index is 0.0350. The summed E-state index contributed by atoms with van der Waals surface area (Å²) < 4.78 is 45.2. The van der Waals surface area contributed by atoms with Crippen molar-refractivity contribution in [2.45, 2.75) is 17.9 Å². The second-order valence-electron chi connectivity index (χ2n) is 4.75. The number of hydrogen-bond acceptors (Lipinski definition) is 4. The first-order valence-corrected chi connectivity index (χ1v) is 7.82. The van der Waals surface area contributed by atoms with Gasteiger partial charge < -0.3 is 4.74 Å². The van der Waals surface area contributed by atoms with Crippen molar-refractivity contribution in [3.8, 4) is 5.88 Å². The van der Waals surface area contributed by atoms with Crippen LogP contribution in [0.15, 0.2) is 47.5 Å². The molecule has 110 valence electrons. The number of pyridine rings is 1. The van der Waals surface area contributed by atoms with Crippen LogP contribution in [0.5, 0.6) is 5.88 Å². The molecular formula is C14H13FN2O3S. The summed E-state index contributed by atoms with van der Waals surface area (Å²) in [6.45, 7) is 1.95. The van der Waals surface area contributed by atoms with Crippen LogP contribution in [0.4, 0.5) is 10.1 Å². The molecule has 0 unspecified atom stereocenters. The number of hydrogen-bond donors (Lipinski definition) is 0. The van der Waals surface area contributed by atoms with Gasteiger partial charge in [0, 0.05) is 6.20 Å². The van der Waals surface area contributed by atoms with Crippen molar-refractivity contribution in [3.63, 3.8) is 0 Å². The Bertz CT molecular complexity index is 762. The van der Waals surface area contributed by atoms with Gasteiger partial charge in [0.15, 0.2) is 0 Å². The quantitative estimate of drug-likeness (QED) is 0.853. The van der Waals surface area contributed by atoms with Crippen LogP contribution >= 0.6 is 0 Å². The van der Waals surface area contributed by atoms with Gasteiger partial charge in [-0.15, -0.1) is 0 Å². The molecule has 5 nitrogen and oxygen atoms in total. The van der Waals surface area contributed by atoms with E-state index in [1.807, 2.05) is 0 Å². The molecular weight excluding hydrogens is 295 g/mol. The molecule has 7 heteroatoms. The van der Waals surface area contributed by atoms with Crippen molar-refractivity contribution >= 4 is 15.7 Å². The summed E-state index contributed by atoms with van der Waals surface area (Å²) >= 11 is 0. The molecule has 0 amide bonds. The van der Waals surface area contributed by atoms with Crippen LogP contribution in [0.25, 0.3) is 0 Å². The summed E-state index contributed by atoms with van der Waals surface area (Å²) in [4.78, 5) is 4.09. The number of sulfonamides is 1. The van der Waals surface area contributed by atoms with Crippen molar-refractivity contribution < 1.29 is 17.5 Å². The van der Waals surface area contributed by atoms with Crippen molar-refractivity contribution in [2.75, 3.05) is 10.8 Å². The van der Waals surface area contributed by atoms with Crippen LogP contribution in [0.1, 0.15) is 6.92 Å². The van der Waals surface area contributed by atoms with Crippen LogP contribution in [-0.4, -0.2) is 26.1 Å². The van der Waals surface area contributed by atoms with Gasteiger partial charge >= 0.3 is 0 Å². The predicted molar refractivity (Wildman–Crippen MR) is 75.3 cm³/mol. The monoisotopic (exact) mass is 308 g/mol. The first-order chi connectivity index (χ1) is 9.98. The number of benzene rings is 1. The molecule has 0 radical (unpaired) electrons. The highest BCUT2D eigenvalue weighted by molar-refractivity contribution is 7.92. The number of ether oxygens (including phenoxy) is 1. The molecule has 1 atom stereocenters. The van der Waals surface area contributed by atoms with E-state index in [-0.39, 0.29) is 23.4 Å². The van der Waals surface area contributed by atoms with Gasteiger partial charge in [0.05, 0.1) is 11.4 Å². The van der Waals surface area contributed by atoms with Crippen LogP contribution < -0.4 is 9.04 Å². The Labute approximate surface area is 122 Å². The lowest BCUT2D eigenvalue weighted by atomic mass is 10.3. The Morgan fingerprint density at radius 1 is 1.29 bits per heavy atom.